The molecular formula is C11H20N2O2. The monoisotopic (exact) mass is 212 g/mol. The van der Waals surface area contributed by atoms with Crippen LogP contribution in [0, 0.1) is 5.92 Å². The van der Waals surface area contributed by atoms with Crippen LogP contribution in [0.1, 0.15) is 26.2 Å². The van der Waals surface area contributed by atoms with Gasteiger partial charge in [-0.3, -0.25) is 4.79 Å². The zero-order chi connectivity index (χ0) is 10.8. The summed E-state index contributed by atoms with van der Waals surface area (Å²) in [6, 6.07) is 0.224. The molecule has 2 fully saturated rings. The summed E-state index contributed by atoms with van der Waals surface area (Å²) in [4.78, 5) is 14.0. The molecule has 0 aromatic rings. The van der Waals surface area contributed by atoms with Crippen LogP contribution in [0.3, 0.4) is 0 Å². The molecule has 0 saturated carbocycles. The maximum absolute atomic E-state index is 12.1. The summed E-state index contributed by atoms with van der Waals surface area (Å²) in [5, 5.41) is 0. The van der Waals surface area contributed by atoms with Gasteiger partial charge in [0, 0.05) is 25.7 Å². The fourth-order valence-electron chi connectivity index (χ4n) is 2.60. The predicted molar refractivity (Wildman–Crippen MR) is 57.3 cm³/mol. The van der Waals surface area contributed by atoms with E-state index in [1.165, 1.54) is 0 Å². The van der Waals surface area contributed by atoms with Crippen molar-refractivity contribution in [1.29, 1.82) is 0 Å². The first-order chi connectivity index (χ1) is 7.24. The highest BCUT2D eigenvalue weighted by Crippen LogP contribution is 2.26. The Morgan fingerprint density at radius 3 is 2.93 bits per heavy atom. The smallest absolute Gasteiger partial charge is 0.252 e. The van der Waals surface area contributed by atoms with Crippen LogP contribution in [-0.4, -0.2) is 42.6 Å². The largest absolute Gasteiger partial charge is 0.368 e. The molecule has 0 spiro atoms. The maximum atomic E-state index is 12.1. The van der Waals surface area contributed by atoms with Gasteiger partial charge in [0.15, 0.2) is 0 Å². The van der Waals surface area contributed by atoms with Crippen molar-refractivity contribution in [2.75, 3.05) is 19.7 Å². The summed E-state index contributed by atoms with van der Waals surface area (Å²) in [6.07, 6.45) is 2.76. The van der Waals surface area contributed by atoms with Crippen molar-refractivity contribution in [3.63, 3.8) is 0 Å². The van der Waals surface area contributed by atoms with Gasteiger partial charge in [-0.1, -0.05) is 6.92 Å². The molecule has 4 heteroatoms. The lowest BCUT2D eigenvalue weighted by Crippen LogP contribution is -2.46. The van der Waals surface area contributed by atoms with Crippen LogP contribution < -0.4 is 5.73 Å². The molecule has 0 aliphatic carbocycles. The molecule has 3 atom stereocenters. The number of hydrogen-bond acceptors (Lipinski definition) is 3. The Kier molecular flexibility index (Phi) is 3.26. The molecule has 2 aliphatic heterocycles. The molecular weight excluding hydrogens is 192 g/mol. The Bertz CT molecular complexity index is 239. The van der Waals surface area contributed by atoms with Gasteiger partial charge in [-0.25, -0.2) is 0 Å². The van der Waals surface area contributed by atoms with E-state index < -0.39 is 0 Å². The maximum Gasteiger partial charge on any atom is 0.252 e. The van der Waals surface area contributed by atoms with Gasteiger partial charge in [-0.05, 0) is 25.2 Å². The molecule has 0 bridgehead atoms. The number of carbonyl (C=O) groups excluding carboxylic acids is 1. The van der Waals surface area contributed by atoms with E-state index in [9.17, 15) is 4.79 Å². The molecule has 2 rings (SSSR count). The van der Waals surface area contributed by atoms with Crippen molar-refractivity contribution < 1.29 is 9.53 Å². The predicted octanol–water partition coefficient (Wildman–Crippen LogP) is 0.361. The van der Waals surface area contributed by atoms with Gasteiger partial charge < -0.3 is 15.4 Å². The summed E-state index contributed by atoms with van der Waals surface area (Å²) >= 11 is 0. The van der Waals surface area contributed by atoms with E-state index in [2.05, 4.69) is 6.92 Å². The second kappa shape index (κ2) is 4.49. The van der Waals surface area contributed by atoms with E-state index in [0.717, 1.165) is 32.4 Å². The van der Waals surface area contributed by atoms with E-state index in [-0.39, 0.29) is 18.1 Å². The van der Waals surface area contributed by atoms with Gasteiger partial charge >= 0.3 is 0 Å². The summed E-state index contributed by atoms with van der Waals surface area (Å²) in [6.45, 7) is 4.31. The molecule has 2 saturated heterocycles. The second-order valence-corrected chi connectivity index (χ2v) is 4.60. The van der Waals surface area contributed by atoms with E-state index in [0.29, 0.717) is 12.5 Å². The van der Waals surface area contributed by atoms with E-state index in [1.54, 1.807) is 0 Å². The topological polar surface area (TPSA) is 55.6 Å². The summed E-state index contributed by atoms with van der Waals surface area (Å²) in [5.74, 6) is 0.688. The number of rotatable bonds is 2. The fraction of sp³-hybridized carbons (Fsp3) is 0.909. The molecule has 0 aromatic carbocycles. The highest BCUT2D eigenvalue weighted by molar-refractivity contribution is 5.81. The van der Waals surface area contributed by atoms with Gasteiger partial charge in [0.1, 0.15) is 6.10 Å². The highest BCUT2D eigenvalue weighted by atomic mass is 16.5. The lowest BCUT2D eigenvalue weighted by atomic mass is 10.0. The molecule has 0 aromatic heterocycles. The van der Waals surface area contributed by atoms with E-state index >= 15 is 0 Å². The minimum absolute atomic E-state index is 0.160. The van der Waals surface area contributed by atoms with Crippen LogP contribution in [0.15, 0.2) is 0 Å². The Hall–Kier alpha value is -0.610. The summed E-state index contributed by atoms with van der Waals surface area (Å²) in [7, 11) is 0. The minimum Gasteiger partial charge on any atom is -0.368 e. The average molecular weight is 212 g/mol. The third kappa shape index (κ3) is 2.01. The molecule has 3 unspecified atom stereocenters. The van der Waals surface area contributed by atoms with Crippen LogP contribution in [-0.2, 0) is 9.53 Å². The van der Waals surface area contributed by atoms with Gasteiger partial charge in [0.05, 0.1) is 0 Å². The molecule has 15 heavy (non-hydrogen) atoms. The molecule has 2 heterocycles. The molecule has 2 N–H and O–H groups in total. The Morgan fingerprint density at radius 1 is 1.53 bits per heavy atom. The lowest BCUT2D eigenvalue weighted by molar-refractivity contribution is -0.141. The molecule has 4 nitrogen and oxygen atoms in total. The summed E-state index contributed by atoms with van der Waals surface area (Å²) in [5.41, 5.74) is 5.72. The van der Waals surface area contributed by atoms with E-state index in [4.69, 9.17) is 10.5 Å². The van der Waals surface area contributed by atoms with Crippen LogP contribution >= 0.6 is 0 Å². The first-order valence-corrected chi connectivity index (χ1v) is 5.86. The molecule has 2 aliphatic rings. The zero-order valence-corrected chi connectivity index (χ0v) is 9.32. The van der Waals surface area contributed by atoms with Crippen molar-refractivity contribution >= 4 is 5.91 Å². The number of likely N-dealkylation sites (tertiary alicyclic amines) is 1. The van der Waals surface area contributed by atoms with Crippen LogP contribution in [0.25, 0.3) is 0 Å². The SMILES string of the molecule is CC1CCN(C(=O)C2CCCO2)C1CN. The normalized spacial score (nSPS) is 36.1. The Balaban J connectivity index is 2.00. The van der Waals surface area contributed by atoms with Crippen molar-refractivity contribution in [2.24, 2.45) is 11.7 Å². The van der Waals surface area contributed by atoms with Crippen molar-refractivity contribution in [3.05, 3.63) is 0 Å². The number of nitrogens with zero attached hydrogens (tertiary/aromatic N) is 1. The first kappa shape index (κ1) is 10.9. The number of ether oxygens (including phenoxy) is 1. The molecule has 86 valence electrons. The standard InChI is InChI=1S/C11H20N2O2/c1-8-4-5-13(9(8)7-12)11(14)10-3-2-6-15-10/h8-10H,2-7,12H2,1H3. The lowest BCUT2D eigenvalue weighted by Gasteiger charge is -2.27. The molecule has 1 amide bonds. The Labute approximate surface area is 90.8 Å². The van der Waals surface area contributed by atoms with Crippen LogP contribution in [0.2, 0.25) is 0 Å². The average Bonchev–Trinajstić information content (AvgIpc) is 2.85. The van der Waals surface area contributed by atoms with Gasteiger partial charge in [-0.15, -0.1) is 0 Å². The van der Waals surface area contributed by atoms with Crippen LogP contribution in [0.4, 0.5) is 0 Å². The number of nitrogens with two attached hydrogens (primary N) is 1. The second-order valence-electron chi connectivity index (χ2n) is 4.60. The van der Waals surface area contributed by atoms with Crippen molar-refractivity contribution in [3.8, 4) is 0 Å². The first-order valence-electron chi connectivity index (χ1n) is 5.86. The third-order valence-corrected chi connectivity index (χ3v) is 3.61. The van der Waals surface area contributed by atoms with Gasteiger partial charge in [0.25, 0.3) is 5.91 Å². The Morgan fingerprint density at radius 2 is 2.33 bits per heavy atom. The van der Waals surface area contributed by atoms with Gasteiger partial charge in [0.2, 0.25) is 0 Å². The fourth-order valence-corrected chi connectivity index (χ4v) is 2.60. The molecule has 0 radical (unpaired) electrons. The number of hydrogen-bond donors (Lipinski definition) is 1. The quantitative estimate of drug-likeness (QED) is 0.719. The third-order valence-electron chi connectivity index (χ3n) is 3.61. The zero-order valence-electron chi connectivity index (χ0n) is 9.32. The summed E-state index contributed by atoms with van der Waals surface area (Å²) < 4.78 is 5.42. The van der Waals surface area contributed by atoms with E-state index in [1.807, 2.05) is 4.90 Å². The van der Waals surface area contributed by atoms with Crippen molar-refractivity contribution in [1.82, 2.24) is 4.90 Å². The van der Waals surface area contributed by atoms with Crippen molar-refractivity contribution in [2.45, 2.75) is 38.3 Å². The van der Waals surface area contributed by atoms with Crippen LogP contribution in [0.5, 0.6) is 0 Å². The number of amides is 1. The highest BCUT2D eigenvalue weighted by Gasteiger charge is 2.37. The minimum atomic E-state index is -0.190. The number of carbonyl (C=O) groups is 1. The van der Waals surface area contributed by atoms with Gasteiger partial charge in [-0.2, -0.15) is 0 Å².